The Kier molecular flexibility index (Phi) is 4.93. The predicted octanol–water partition coefficient (Wildman–Crippen LogP) is 1.91. The number of benzene rings is 1. The maximum atomic E-state index is 11.7. The molecule has 0 bridgehead atoms. The lowest BCUT2D eigenvalue weighted by atomic mass is 10.1. The third-order valence-electron chi connectivity index (χ3n) is 3.15. The Bertz CT molecular complexity index is 426. The first-order valence-electron chi connectivity index (χ1n) is 6.76. The first kappa shape index (κ1) is 14.0. The molecular weight excluding hydrogens is 240 g/mol. The standard InChI is InChI=1S/C15H21N2O2/c1-12(2)15(18)16-14-5-3-4-13(10-14)11-17-6-8-19-9-7-17/h4-5,10,12H,6-9,11H2,1-2H3,(H,16,18). The summed E-state index contributed by atoms with van der Waals surface area (Å²) in [7, 11) is 0. The Labute approximate surface area is 114 Å². The summed E-state index contributed by atoms with van der Waals surface area (Å²) >= 11 is 0. The van der Waals surface area contributed by atoms with Crippen molar-refractivity contribution in [2.24, 2.45) is 5.92 Å². The Morgan fingerprint density at radius 1 is 1.42 bits per heavy atom. The van der Waals surface area contributed by atoms with Gasteiger partial charge in [0.25, 0.3) is 0 Å². The molecule has 0 unspecified atom stereocenters. The van der Waals surface area contributed by atoms with Crippen molar-refractivity contribution in [3.8, 4) is 0 Å². The van der Waals surface area contributed by atoms with E-state index >= 15 is 0 Å². The summed E-state index contributed by atoms with van der Waals surface area (Å²) in [6.45, 7) is 8.17. The molecule has 1 amide bonds. The lowest BCUT2D eigenvalue weighted by molar-refractivity contribution is -0.118. The second-order valence-electron chi connectivity index (χ2n) is 5.16. The van der Waals surface area contributed by atoms with E-state index in [1.54, 1.807) is 0 Å². The molecule has 1 aliphatic rings. The van der Waals surface area contributed by atoms with Crippen LogP contribution in [0.25, 0.3) is 0 Å². The highest BCUT2D eigenvalue weighted by molar-refractivity contribution is 5.92. The van der Waals surface area contributed by atoms with Crippen LogP contribution in [-0.2, 0) is 16.1 Å². The van der Waals surface area contributed by atoms with Gasteiger partial charge in [-0.05, 0) is 29.8 Å². The number of carbonyl (C=O) groups excluding carboxylic acids is 1. The van der Waals surface area contributed by atoms with Crippen LogP contribution >= 0.6 is 0 Å². The highest BCUT2D eigenvalue weighted by atomic mass is 16.5. The number of anilines is 1. The summed E-state index contributed by atoms with van der Waals surface area (Å²) in [5.41, 5.74) is 1.99. The molecule has 1 fully saturated rings. The monoisotopic (exact) mass is 261 g/mol. The van der Waals surface area contributed by atoms with Crippen LogP contribution in [0.1, 0.15) is 19.4 Å². The van der Waals surface area contributed by atoms with Gasteiger partial charge in [-0.25, -0.2) is 0 Å². The lowest BCUT2D eigenvalue weighted by Crippen LogP contribution is -2.35. The predicted molar refractivity (Wildman–Crippen MR) is 74.8 cm³/mol. The second-order valence-corrected chi connectivity index (χ2v) is 5.16. The van der Waals surface area contributed by atoms with Crippen molar-refractivity contribution in [1.29, 1.82) is 0 Å². The summed E-state index contributed by atoms with van der Waals surface area (Å²) in [6.07, 6.45) is 0. The smallest absolute Gasteiger partial charge is 0.226 e. The van der Waals surface area contributed by atoms with Crippen LogP contribution in [0.2, 0.25) is 0 Å². The van der Waals surface area contributed by atoms with Gasteiger partial charge in [-0.2, -0.15) is 0 Å². The molecule has 103 valence electrons. The molecule has 0 aliphatic carbocycles. The molecule has 4 nitrogen and oxygen atoms in total. The SMILES string of the molecule is CC(C)C(=O)Nc1c[c]cc(CN2CCOCC2)c1. The van der Waals surface area contributed by atoms with E-state index in [-0.39, 0.29) is 11.8 Å². The van der Waals surface area contributed by atoms with E-state index in [1.165, 1.54) is 5.56 Å². The highest BCUT2D eigenvalue weighted by Crippen LogP contribution is 2.14. The van der Waals surface area contributed by atoms with Crippen LogP contribution < -0.4 is 5.32 Å². The normalized spacial score (nSPS) is 16.6. The number of rotatable bonds is 4. The molecule has 0 aromatic heterocycles. The van der Waals surface area contributed by atoms with Gasteiger partial charge in [0.2, 0.25) is 5.91 Å². The first-order valence-corrected chi connectivity index (χ1v) is 6.76. The molecule has 2 rings (SSSR count). The van der Waals surface area contributed by atoms with Crippen molar-refractivity contribution in [3.63, 3.8) is 0 Å². The van der Waals surface area contributed by atoms with E-state index in [0.29, 0.717) is 0 Å². The van der Waals surface area contributed by atoms with Crippen LogP contribution in [0.4, 0.5) is 5.69 Å². The van der Waals surface area contributed by atoms with E-state index in [9.17, 15) is 4.79 Å². The molecule has 1 radical (unpaired) electrons. The third-order valence-corrected chi connectivity index (χ3v) is 3.15. The van der Waals surface area contributed by atoms with Gasteiger partial charge in [0.1, 0.15) is 0 Å². The zero-order chi connectivity index (χ0) is 13.7. The summed E-state index contributed by atoms with van der Waals surface area (Å²) in [4.78, 5) is 14.0. The average molecular weight is 261 g/mol. The fourth-order valence-electron chi connectivity index (χ4n) is 1.99. The van der Waals surface area contributed by atoms with Crippen molar-refractivity contribution >= 4 is 11.6 Å². The quantitative estimate of drug-likeness (QED) is 0.900. The van der Waals surface area contributed by atoms with E-state index in [1.807, 2.05) is 32.0 Å². The largest absolute Gasteiger partial charge is 0.379 e. The van der Waals surface area contributed by atoms with Crippen LogP contribution in [0.5, 0.6) is 0 Å². The van der Waals surface area contributed by atoms with Gasteiger partial charge in [-0.3, -0.25) is 9.69 Å². The molecule has 1 aromatic carbocycles. The first-order chi connectivity index (χ1) is 9.15. The Hall–Kier alpha value is -1.39. The third kappa shape index (κ3) is 4.33. The van der Waals surface area contributed by atoms with Gasteiger partial charge in [0, 0.05) is 31.2 Å². The van der Waals surface area contributed by atoms with E-state index in [2.05, 4.69) is 16.3 Å². The van der Waals surface area contributed by atoms with Crippen molar-refractivity contribution < 1.29 is 9.53 Å². The molecule has 0 spiro atoms. The molecular formula is C15H21N2O2. The Morgan fingerprint density at radius 2 is 2.16 bits per heavy atom. The molecule has 1 heterocycles. The molecule has 1 aromatic rings. The average Bonchev–Trinajstić information content (AvgIpc) is 2.40. The summed E-state index contributed by atoms with van der Waals surface area (Å²) in [6, 6.07) is 8.89. The zero-order valence-electron chi connectivity index (χ0n) is 11.6. The number of nitrogens with zero attached hydrogens (tertiary/aromatic N) is 1. The van der Waals surface area contributed by atoms with Crippen molar-refractivity contribution in [2.75, 3.05) is 31.6 Å². The van der Waals surface area contributed by atoms with Crippen molar-refractivity contribution in [2.45, 2.75) is 20.4 Å². The molecule has 19 heavy (non-hydrogen) atoms. The Morgan fingerprint density at radius 3 is 2.84 bits per heavy atom. The number of morpholine rings is 1. The maximum Gasteiger partial charge on any atom is 0.226 e. The van der Waals surface area contributed by atoms with Crippen LogP contribution in [0, 0.1) is 12.0 Å². The van der Waals surface area contributed by atoms with Gasteiger partial charge in [-0.15, -0.1) is 0 Å². The fourth-order valence-corrected chi connectivity index (χ4v) is 1.99. The summed E-state index contributed by atoms with van der Waals surface area (Å²) in [5.74, 6) is 0.0276. The highest BCUT2D eigenvalue weighted by Gasteiger charge is 2.11. The van der Waals surface area contributed by atoms with Crippen LogP contribution in [-0.4, -0.2) is 37.1 Å². The number of hydrogen-bond acceptors (Lipinski definition) is 3. The minimum Gasteiger partial charge on any atom is -0.379 e. The molecule has 1 N–H and O–H groups in total. The number of amides is 1. The minimum atomic E-state index is -0.0112. The number of nitrogens with one attached hydrogen (secondary N) is 1. The van der Waals surface area contributed by atoms with E-state index < -0.39 is 0 Å². The van der Waals surface area contributed by atoms with E-state index in [0.717, 1.165) is 38.5 Å². The molecule has 0 atom stereocenters. The maximum absolute atomic E-state index is 11.7. The topological polar surface area (TPSA) is 41.6 Å². The van der Waals surface area contributed by atoms with Gasteiger partial charge < -0.3 is 10.1 Å². The Balaban J connectivity index is 1.96. The number of carbonyl (C=O) groups is 1. The molecule has 1 aliphatic heterocycles. The van der Waals surface area contributed by atoms with Gasteiger partial charge >= 0.3 is 0 Å². The fraction of sp³-hybridized carbons (Fsp3) is 0.533. The van der Waals surface area contributed by atoms with Gasteiger partial charge in [-0.1, -0.05) is 13.8 Å². The van der Waals surface area contributed by atoms with Crippen LogP contribution in [0.3, 0.4) is 0 Å². The number of hydrogen-bond donors (Lipinski definition) is 1. The molecule has 0 saturated carbocycles. The minimum absolute atomic E-state index is 0.0112. The van der Waals surface area contributed by atoms with Crippen LogP contribution in [0.15, 0.2) is 18.2 Å². The van der Waals surface area contributed by atoms with Gasteiger partial charge in [0.15, 0.2) is 0 Å². The summed E-state index contributed by atoms with van der Waals surface area (Å²) in [5, 5.41) is 2.91. The number of ether oxygens (including phenoxy) is 1. The van der Waals surface area contributed by atoms with Gasteiger partial charge in [0.05, 0.1) is 13.2 Å². The molecule has 4 heteroatoms. The van der Waals surface area contributed by atoms with E-state index in [4.69, 9.17) is 4.74 Å². The lowest BCUT2D eigenvalue weighted by Gasteiger charge is -2.26. The molecule has 1 saturated heterocycles. The van der Waals surface area contributed by atoms with Crippen molar-refractivity contribution in [3.05, 3.63) is 29.8 Å². The van der Waals surface area contributed by atoms with Crippen molar-refractivity contribution in [1.82, 2.24) is 4.90 Å². The zero-order valence-corrected chi connectivity index (χ0v) is 11.6. The second kappa shape index (κ2) is 6.68. The summed E-state index contributed by atoms with van der Waals surface area (Å²) < 4.78 is 5.33.